The molecule has 0 radical (unpaired) electrons. The Labute approximate surface area is 122 Å². The molecule has 0 saturated carbocycles. The van der Waals surface area contributed by atoms with Gasteiger partial charge >= 0.3 is 0 Å². The lowest BCUT2D eigenvalue weighted by atomic mass is 10.2. The Kier molecular flexibility index (Phi) is 4.18. The Morgan fingerprint density at radius 3 is 2.38 bits per heavy atom. The fraction of sp³-hybridized carbons (Fsp3) is 0.154. The van der Waals surface area contributed by atoms with Gasteiger partial charge in [0, 0.05) is 32.1 Å². The number of aromatic nitrogens is 2. The number of hydrogen-bond acceptors (Lipinski definition) is 5. The molecule has 21 heavy (non-hydrogen) atoms. The zero-order chi connectivity index (χ0) is 15.5. The number of sulfonamides is 1. The van der Waals surface area contributed by atoms with Crippen LogP contribution in [0.1, 0.15) is 10.4 Å². The SMILES string of the molecule is CNC(=O)c1ccc(S(=O)(=O)N(C)c2cnccn2)cc1. The summed E-state index contributed by atoms with van der Waals surface area (Å²) in [7, 11) is -0.838. The van der Waals surface area contributed by atoms with Crippen LogP contribution in [0.4, 0.5) is 5.82 Å². The van der Waals surface area contributed by atoms with Crippen molar-refractivity contribution in [3.8, 4) is 0 Å². The fourth-order valence-electron chi connectivity index (χ4n) is 1.66. The summed E-state index contributed by atoms with van der Waals surface area (Å²) in [6, 6.07) is 5.67. The Morgan fingerprint density at radius 2 is 1.86 bits per heavy atom. The molecule has 1 aromatic heterocycles. The molecule has 1 heterocycles. The van der Waals surface area contributed by atoms with E-state index >= 15 is 0 Å². The van der Waals surface area contributed by atoms with Crippen molar-refractivity contribution in [2.75, 3.05) is 18.4 Å². The molecule has 1 amide bonds. The largest absolute Gasteiger partial charge is 0.355 e. The second-order valence-electron chi connectivity index (χ2n) is 4.14. The molecule has 0 saturated heterocycles. The highest BCUT2D eigenvalue weighted by Crippen LogP contribution is 2.19. The fourth-order valence-corrected chi connectivity index (χ4v) is 2.79. The van der Waals surface area contributed by atoms with E-state index in [1.165, 1.54) is 57.0 Å². The summed E-state index contributed by atoms with van der Waals surface area (Å²) < 4.78 is 25.9. The first-order valence-electron chi connectivity index (χ1n) is 6.04. The quantitative estimate of drug-likeness (QED) is 0.896. The Balaban J connectivity index is 2.34. The monoisotopic (exact) mass is 306 g/mol. The van der Waals surface area contributed by atoms with Gasteiger partial charge in [0.15, 0.2) is 5.82 Å². The van der Waals surface area contributed by atoms with Crippen LogP contribution in [0.3, 0.4) is 0 Å². The Hall–Kier alpha value is -2.48. The standard InChI is InChI=1S/C13H14N4O3S/c1-14-13(18)10-3-5-11(6-4-10)21(19,20)17(2)12-9-15-7-8-16-12/h3-9H,1-2H3,(H,14,18). The van der Waals surface area contributed by atoms with Crippen molar-refractivity contribution in [1.29, 1.82) is 0 Å². The zero-order valence-electron chi connectivity index (χ0n) is 11.5. The average Bonchev–Trinajstić information content (AvgIpc) is 2.54. The molecule has 2 rings (SSSR count). The number of nitrogens with zero attached hydrogens (tertiary/aromatic N) is 3. The van der Waals surface area contributed by atoms with Crippen LogP contribution >= 0.6 is 0 Å². The van der Waals surface area contributed by atoms with E-state index in [2.05, 4.69) is 15.3 Å². The van der Waals surface area contributed by atoms with E-state index in [0.717, 1.165) is 4.31 Å². The molecule has 2 aromatic rings. The van der Waals surface area contributed by atoms with Gasteiger partial charge in [-0.2, -0.15) is 0 Å². The van der Waals surface area contributed by atoms with Crippen molar-refractivity contribution in [2.45, 2.75) is 4.90 Å². The van der Waals surface area contributed by atoms with Crippen LogP contribution in [0.2, 0.25) is 0 Å². The molecule has 0 aliphatic rings. The summed E-state index contributed by atoms with van der Waals surface area (Å²) in [4.78, 5) is 19.3. The second-order valence-corrected chi connectivity index (χ2v) is 6.11. The molecular formula is C13H14N4O3S. The number of benzene rings is 1. The second kappa shape index (κ2) is 5.88. The van der Waals surface area contributed by atoms with Crippen LogP contribution < -0.4 is 9.62 Å². The number of nitrogens with one attached hydrogen (secondary N) is 1. The van der Waals surface area contributed by atoms with Crippen LogP contribution in [0.15, 0.2) is 47.8 Å². The molecule has 1 aromatic carbocycles. The topological polar surface area (TPSA) is 92.3 Å². The van der Waals surface area contributed by atoms with E-state index < -0.39 is 10.0 Å². The van der Waals surface area contributed by atoms with Crippen LogP contribution in [-0.4, -0.2) is 38.4 Å². The summed E-state index contributed by atoms with van der Waals surface area (Å²) in [6.45, 7) is 0. The van der Waals surface area contributed by atoms with Crippen molar-refractivity contribution in [3.63, 3.8) is 0 Å². The maximum absolute atomic E-state index is 12.4. The first-order chi connectivity index (χ1) is 9.96. The highest BCUT2D eigenvalue weighted by atomic mass is 32.2. The van der Waals surface area contributed by atoms with E-state index in [1.54, 1.807) is 0 Å². The average molecular weight is 306 g/mol. The normalized spacial score (nSPS) is 11.0. The van der Waals surface area contributed by atoms with Crippen LogP contribution in [0.5, 0.6) is 0 Å². The molecule has 0 aliphatic heterocycles. The predicted octanol–water partition coefficient (Wildman–Crippen LogP) is 0.661. The molecule has 0 aliphatic carbocycles. The van der Waals surface area contributed by atoms with Gasteiger partial charge in [-0.15, -0.1) is 0 Å². The smallest absolute Gasteiger partial charge is 0.265 e. The van der Waals surface area contributed by atoms with Gasteiger partial charge in [-0.05, 0) is 24.3 Å². The van der Waals surface area contributed by atoms with Crippen molar-refractivity contribution >= 4 is 21.7 Å². The van der Waals surface area contributed by atoms with E-state index in [4.69, 9.17) is 0 Å². The van der Waals surface area contributed by atoms with Crippen LogP contribution in [0, 0.1) is 0 Å². The molecule has 0 bridgehead atoms. The first kappa shape index (κ1) is 14.9. The minimum atomic E-state index is -3.74. The van der Waals surface area contributed by atoms with Gasteiger partial charge in [-0.25, -0.2) is 13.4 Å². The number of carbonyl (C=O) groups excluding carboxylic acids is 1. The molecule has 7 nitrogen and oxygen atoms in total. The van der Waals surface area contributed by atoms with Gasteiger partial charge in [0.2, 0.25) is 0 Å². The number of amides is 1. The number of rotatable bonds is 4. The van der Waals surface area contributed by atoms with E-state index in [-0.39, 0.29) is 16.6 Å². The number of hydrogen-bond donors (Lipinski definition) is 1. The van der Waals surface area contributed by atoms with Crippen molar-refractivity contribution < 1.29 is 13.2 Å². The number of anilines is 1. The maximum atomic E-state index is 12.4. The lowest BCUT2D eigenvalue weighted by Gasteiger charge is -2.17. The molecule has 0 atom stereocenters. The van der Waals surface area contributed by atoms with E-state index in [0.29, 0.717) is 5.56 Å². The van der Waals surface area contributed by atoms with Crippen molar-refractivity contribution in [2.24, 2.45) is 0 Å². The lowest BCUT2D eigenvalue weighted by molar-refractivity contribution is 0.0963. The van der Waals surface area contributed by atoms with Gasteiger partial charge in [-0.3, -0.25) is 14.1 Å². The molecular weight excluding hydrogens is 292 g/mol. The summed E-state index contributed by atoms with van der Waals surface area (Å²) >= 11 is 0. The molecule has 0 fully saturated rings. The first-order valence-corrected chi connectivity index (χ1v) is 7.48. The molecule has 0 spiro atoms. The predicted molar refractivity (Wildman–Crippen MR) is 77.5 cm³/mol. The highest BCUT2D eigenvalue weighted by molar-refractivity contribution is 7.92. The van der Waals surface area contributed by atoms with Gasteiger partial charge in [0.1, 0.15) is 0 Å². The molecule has 110 valence electrons. The molecule has 0 unspecified atom stereocenters. The minimum absolute atomic E-state index is 0.0725. The maximum Gasteiger partial charge on any atom is 0.265 e. The number of carbonyl (C=O) groups is 1. The Bertz CT molecular complexity index is 730. The molecule has 8 heteroatoms. The van der Waals surface area contributed by atoms with Crippen molar-refractivity contribution in [1.82, 2.24) is 15.3 Å². The van der Waals surface area contributed by atoms with Gasteiger partial charge in [0.25, 0.3) is 15.9 Å². The van der Waals surface area contributed by atoms with Gasteiger partial charge in [-0.1, -0.05) is 0 Å². The van der Waals surface area contributed by atoms with Crippen molar-refractivity contribution in [3.05, 3.63) is 48.4 Å². The Morgan fingerprint density at radius 1 is 1.19 bits per heavy atom. The molecule has 1 N–H and O–H groups in total. The lowest BCUT2D eigenvalue weighted by Crippen LogP contribution is -2.27. The van der Waals surface area contributed by atoms with Crippen LogP contribution in [0.25, 0.3) is 0 Å². The zero-order valence-corrected chi connectivity index (χ0v) is 12.3. The third-order valence-electron chi connectivity index (χ3n) is 2.87. The minimum Gasteiger partial charge on any atom is -0.355 e. The third-order valence-corrected chi connectivity index (χ3v) is 4.65. The summed E-state index contributed by atoms with van der Waals surface area (Å²) in [6.07, 6.45) is 4.23. The van der Waals surface area contributed by atoms with Gasteiger partial charge in [0.05, 0.1) is 11.1 Å². The van der Waals surface area contributed by atoms with Gasteiger partial charge < -0.3 is 5.32 Å². The summed E-state index contributed by atoms with van der Waals surface area (Å²) in [5.41, 5.74) is 0.388. The summed E-state index contributed by atoms with van der Waals surface area (Å²) in [5, 5.41) is 2.47. The highest BCUT2D eigenvalue weighted by Gasteiger charge is 2.22. The van der Waals surface area contributed by atoms with Crippen LogP contribution in [-0.2, 0) is 10.0 Å². The third kappa shape index (κ3) is 3.00. The van der Waals surface area contributed by atoms with E-state index in [1.807, 2.05) is 0 Å². The summed E-state index contributed by atoms with van der Waals surface area (Å²) in [5.74, 6) is -0.0610. The van der Waals surface area contributed by atoms with E-state index in [9.17, 15) is 13.2 Å².